The predicted octanol–water partition coefficient (Wildman–Crippen LogP) is 8.24. The van der Waals surface area contributed by atoms with Crippen LogP contribution in [0.4, 0.5) is 28.9 Å². The van der Waals surface area contributed by atoms with E-state index in [0.717, 1.165) is 30.9 Å². The first-order valence-corrected chi connectivity index (χ1v) is 23.1. The number of methoxy groups -OCH3 is 1. The van der Waals surface area contributed by atoms with Crippen LogP contribution in [0.1, 0.15) is 98.0 Å². The Bertz CT molecular complexity index is 2740. The van der Waals surface area contributed by atoms with Crippen molar-refractivity contribution in [2.24, 2.45) is 16.7 Å². The molecule has 0 radical (unpaired) electrons. The van der Waals surface area contributed by atoms with Gasteiger partial charge in [0.1, 0.15) is 23.0 Å². The van der Waals surface area contributed by atoms with E-state index in [1.165, 1.54) is 19.4 Å². The van der Waals surface area contributed by atoms with Gasteiger partial charge in [0.15, 0.2) is 6.10 Å². The number of aromatic nitrogens is 1. The average Bonchev–Trinajstić information content (AvgIpc) is 3.66. The molecular formula is C51H51ClF4N6O6. The second-order valence-corrected chi connectivity index (χ2v) is 20.2. The van der Waals surface area contributed by atoms with Crippen molar-refractivity contribution in [1.29, 1.82) is 0 Å². The first kappa shape index (κ1) is 46.9. The van der Waals surface area contributed by atoms with Gasteiger partial charge in [0.05, 0.1) is 23.9 Å². The van der Waals surface area contributed by atoms with Crippen molar-refractivity contribution >= 4 is 46.6 Å². The lowest BCUT2D eigenvalue weighted by Gasteiger charge is -2.39. The molecular weight excluding hydrogens is 904 g/mol. The molecule has 1 aliphatic carbocycles. The fourth-order valence-electron chi connectivity index (χ4n) is 10.6. The van der Waals surface area contributed by atoms with Crippen LogP contribution in [0.5, 0.6) is 11.5 Å². The van der Waals surface area contributed by atoms with Crippen molar-refractivity contribution in [2.75, 3.05) is 37.4 Å². The molecule has 9 rings (SSSR count). The molecule has 5 heterocycles. The Morgan fingerprint density at radius 1 is 1.03 bits per heavy atom. The molecule has 4 amide bonds. The van der Waals surface area contributed by atoms with E-state index in [2.05, 4.69) is 38.1 Å². The summed E-state index contributed by atoms with van der Waals surface area (Å²) >= 11 is 6.36. The van der Waals surface area contributed by atoms with E-state index in [4.69, 9.17) is 21.1 Å². The van der Waals surface area contributed by atoms with E-state index in [0.29, 0.717) is 42.8 Å². The SMILES string of the molecule is COc1cc(C(=O)N2CCC3(CC2)C[C@@H]3C#Cc2ccc(OC3CCC(=O)NC3=O)cc2)ccc1NC(=O)[C@@H]1N[C@@H](CC(C)(C)C)[C@@]2(CNc3cc(C(F)(F)F)ncc32)[C@H]1c1cccc(Cl)c1F. The molecule has 356 valence electrons. The maximum absolute atomic E-state index is 16.3. The number of alkyl halides is 3. The molecule has 1 unspecified atom stereocenters. The van der Waals surface area contributed by atoms with Crippen LogP contribution >= 0.6 is 11.6 Å². The molecule has 4 aromatic rings. The number of ether oxygens (including phenoxy) is 2. The van der Waals surface area contributed by atoms with Crippen molar-refractivity contribution in [3.63, 3.8) is 0 Å². The quantitative estimate of drug-likeness (QED) is 0.0778. The summed E-state index contributed by atoms with van der Waals surface area (Å²) in [7, 11) is 1.43. The summed E-state index contributed by atoms with van der Waals surface area (Å²) in [5.74, 6) is 4.45. The van der Waals surface area contributed by atoms with Gasteiger partial charge in [-0.2, -0.15) is 13.2 Å². The molecule has 68 heavy (non-hydrogen) atoms. The zero-order valence-corrected chi connectivity index (χ0v) is 38.7. The number of nitrogens with zero attached hydrogens (tertiary/aromatic N) is 2. The molecule has 1 aromatic heterocycles. The van der Waals surface area contributed by atoms with Crippen LogP contribution in [0.15, 0.2) is 72.9 Å². The largest absolute Gasteiger partial charge is 0.495 e. The Kier molecular flexibility index (Phi) is 12.2. The molecule has 3 saturated heterocycles. The number of carbonyl (C=O) groups excluding carboxylic acids is 4. The number of nitrogens with one attached hydrogen (secondary N) is 4. The van der Waals surface area contributed by atoms with E-state index < -0.39 is 59.0 Å². The van der Waals surface area contributed by atoms with E-state index in [1.807, 2.05) is 37.8 Å². The number of halogens is 5. The minimum atomic E-state index is -4.70. The Morgan fingerprint density at radius 3 is 2.47 bits per heavy atom. The van der Waals surface area contributed by atoms with Gasteiger partial charge in [-0.1, -0.05) is 56.3 Å². The monoisotopic (exact) mass is 954 g/mol. The number of likely N-dealkylation sites (tertiary alicyclic amines) is 1. The summed E-state index contributed by atoms with van der Waals surface area (Å²) in [6, 6.07) is 15.8. The van der Waals surface area contributed by atoms with Gasteiger partial charge in [0.25, 0.3) is 11.8 Å². The molecule has 3 aromatic carbocycles. The fourth-order valence-corrected chi connectivity index (χ4v) is 10.8. The van der Waals surface area contributed by atoms with Gasteiger partial charge in [-0.15, -0.1) is 0 Å². The Morgan fingerprint density at radius 2 is 1.78 bits per heavy atom. The Hall–Kier alpha value is -6.18. The first-order chi connectivity index (χ1) is 32.3. The molecule has 5 aliphatic rings. The lowest BCUT2D eigenvalue weighted by Crippen LogP contribution is -2.46. The number of amides is 4. The highest BCUT2D eigenvalue weighted by Crippen LogP contribution is 2.59. The number of hydrogen-bond acceptors (Lipinski definition) is 9. The minimum Gasteiger partial charge on any atom is -0.495 e. The lowest BCUT2D eigenvalue weighted by atomic mass is 9.63. The lowest BCUT2D eigenvalue weighted by molar-refractivity contribution is -0.141. The van der Waals surface area contributed by atoms with Crippen LogP contribution in [0, 0.1) is 34.4 Å². The van der Waals surface area contributed by atoms with Crippen LogP contribution in [-0.2, 0) is 26.0 Å². The number of imide groups is 1. The van der Waals surface area contributed by atoms with Crippen molar-refractivity contribution in [3.8, 4) is 23.3 Å². The number of piperidine rings is 2. The van der Waals surface area contributed by atoms with Gasteiger partial charge in [-0.05, 0) is 96.7 Å². The smallest absolute Gasteiger partial charge is 0.433 e. The zero-order valence-electron chi connectivity index (χ0n) is 37.9. The predicted molar refractivity (Wildman–Crippen MR) is 246 cm³/mol. The molecule has 4 fully saturated rings. The second-order valence-electron chi connectivity index (χ2n) is 19.8. The number of rotatable bonds is 8. The van der Waals surface area contributed by atoms with Crippen LogP contribution in [0.25, 0.3) is 0 Å². The third-order valence-corrected chi connectivity index (χ3v) is 14.5. The van der Waals surface area contributed by atoms with E-state index in [1.54, 1.807) is 42.5 Å². The van der Waals surface area contributed by atoms with Crippen molar-refractivity contribution < 1.29 is 46.2 Å². The van der Waals surface area contributed by atoms with Gasteiger partial charge in [-0.25, -0.2) is 4.39 Å². The molecule has 4 N–H and O–H groups in total. The highest BCUT2D eigenvalue weighted by Gasteiger charge is 2.62. The van der Waals surface area contributed by atoms with Crippen molar-refractivity contribution in [3.05, 3.63) is 112 Å². The molecule has 6 atom stereocenters. The zero-order chi connectivity index (χ0) is 48.3. The molecule has 17 heteroatoms. The van der Waals surface area contributed by atoms with Crippen LogP contribution in [0.2, 0.25) is 5.02 Å². The van der Waals surface area contributed by atoms with Crippen molar-refractivity contribution in [2.45, 2.75) is 95.0 Å². The summed E-state index contributed by atoms with van der Waals surface area (Å²) in [5, 5.41) is 11.7. The van der Waals surface area contributed by atoms with Gasteiger partial charge in [0.2, 0.25) is 11.8 Å². The van der Waals surface area contributed by atoms with Gasteiger partial charge in [0, 0.05) is 84.3 Å². The highest BCUT2D eigenvalue weighted by atomic mass is 35.5. The first-order valence-electron chi connectivity index (χ1n) is 22.7. The molecule has 0 bridgehead atoms. The maximum atomic E-state index is 16.3. The fraction of sp³-hybridized carbons (Fsp3) is 0.431. The molecule has 1 saturated carbocycles. The second kappa shape index (κ2) is 17.7. The average molecular weight is 955 g/mol. The molecule has 12 nitrogen and oxygen atoms in total. The number of fused-ring (bicyclic) bond motifs is 2. The third kappa shape index (κ3) is 8.98. The Balaban J connectivity index is 0.889. The summed E-state index contributed by atoms with van der Waals surface area (Å²) in [5.41, 5.74) is -0.292. The molecule has 2 spiro atoms. The summed E-state index contributed by atoms with van der Waals surface area (Å²) in [4.78, 5) is 57.8. The maximum Gasteiger partial charge on any atom is 0.433 e. The standard InChI is InChI=1S/C51H51ClF4N6O6/c1-48(2,3)25-40-50(27-58-36-23-39(51(54,55)56)57-26-33(36)50)42(32-6-5-7-34(52)43(32)53)44(60-40)46(65)59-35-15-11-29(22-38(35)67-4)47(66)62-20-18-49(19-21-62)24-30(49)12-8-28-9-13-31(14-10-28)68-37-16-17-41(63)61-45(37)64/h5-7,9-11,13-15,22-23,26,30,37,40,42,44,58,60H,16-21,24-25,27H2,1-4H3,(H,59,65)(H,61,63,64)/t30-,37?,40-,42-,44+,50-/m0/s1. The van der Waals surface area contributed by atoms with Crippen molar-refractivity contribution in [1.82, 2.24) is 20.5 Å². The number of benzene rings is 3. The van der Waals surface area contributed by atoms with Gasteiger partial charge >= 0.3 is 6.18 Å². The highest BCUT2D eigenvalue weighted by molar-refractivity contribution is 6.30. The van der Waals surface area contributed by atoms with E-state index in [-0.39, 0.29) is 69.2 Å². The van der Waals surface area contributed by atoms with Gasteiger partial charge in [-0.3, -0.25) is 29.5 Å². The summed E-state index contributed by atoms with van der Waals surface area (Å²) in [6.45, 7) is 7.22. The minimum absolute atomic E-state index is 0.0359. The number of hydrogen-bond donors (Lipinski definition) is 4. The Labute approximate surface area is 396 Å². The number of anilines is 2. The van der Waals surface area contributed by atoms with E-state index >= 15 is 4.39 Å². The van der Waals surface area contributed by atoms with Crippen LogP contribution in [0.3, 0.4) is 0 Å². The van der Waals surface area contributed by atoms with Crippen LogP contribution < -0.4 is 30.7 Å². The third-order valence-electron chi connectivity index (χ3n) is 14.2. The number of pyridine rings is 1. The van der Waals surface area contributed by atoms with Crippen LogP contribution in [-0.4, -0.2) is 78.4 Å². The number of carbonyl (C=O) groups is 4. The normalized spacial score (nSPS) is 25.0. The molecule has 4 aliphatic heterocycles. The topological polar surface area (TPSA) is 151 Å². The van der Waals surface area contributed by atoms with E-state index in [9.17, 15) is 32.3 Å². The summed E-state index contributed by atoms with van der Waals surface area (Å²) < 4.78 is 69.4. The van der Waals surface area contributed by atoms with Gasteiger partial charge < -0.3 is 30.3 Å². The summed E-state index contributed by atoms with van der Waals surface area (Å²) in [6.07, 6.45) is -0.664.